The number of nitrogens with zero attached hydrogens (tertiary/aromatic N) is 2. The van der Waals surface area contributed by atoms with Crippen molar-refractivity contribution < 1.29 is 18.3 Å². The number of carbonyl (C=O) groups excluding carboxylic acids is 1. The first-order chi connectivity index (χ1) is 15.7. The highest BCUT2D eigenvalue weighted by Gasteiger charge is 2.18. The fourth-order valence-electron chi connectivity index (χ4n) is 3.52. The van der Waals surface area contributed by atoms with E-state index >= 15 is 0 Å². The quantitative estimate of drug-likeness (QED) is 0.480. The van der Waals surface area contributed by atoms with Crippen LogP contribution in [0.5, 0.6) is 5.75 Å². The Morgan fingerprint density at radius 1 is 1.06 bits per heavy atom. The van der Waals surface area contributed by atoms with Crippen molar-refractivity contribution in [3.63, 3.8) is 0 Å². The number of carbonyl (C=O) groups is 1. The van der Waals surface area contributed by atoms with Crippen LogP contribution in [0.3, 0.4) is 0 Å². The number of benzene rings is 3. The lowest BCUT2D eigenvalue weighted by molar-refractivity contribution is -0.122. The zero-order valence-corrected chi connectivity index (χ0v) is 18.2. The van der Waals surface area contributed by atoms with Gasteiger partial charge in [0.15, 0.2) is 17.7 Å². The van der Waals surface area contributed by atoms with Crippen molar-refractivity contribution in [1.29, 1.82) is 0 Å². The molecule has 0 aliphatic rings. The molecule has 0 aliphatic carbocycles. The Morgan fingerprint density at radius 3 is 2.55 bits per heavy atom. The van der Waals surface area contributed by atoms with Crippen molar-refractivity contribution in [3.05, 3.63) is 94.0 Å². The van der Waals surface area contributed by atoms with Gasteiger partial charge in [0, 0.05) is 11.8 Å². The number of hydrogen-bond acceptors (Lipinski definition) is 4. The van der Waals surface area contributed by atoms with E-state index < -0.39 is 23.6 Å². The molecule has 0 fully saturated rings. The summed E-state index contributed by atoms with van der Waals surface area (Å²) in [6.45, 7) is 5.01. The van der Waals surface area contributed by atoms with E-state index in [1.165, 1.54) is 11.5 Å². The Bertz CT molecular complexity index is 1430. The highest BCUT2D eigenvalue weighted by molar-refractivity contribution is 5.95. The number of amides is 1. The van der Waals surface area contributed by atoms with Crippen molar-refractivity contribution in [1.82, 2.24) is 9.55 Å². The molecule has 1 aromatic heterocycles. The number of hydrogen-bond donors (Lipinski definition) is 1. The van der Waals surface area contributed by atoms with Crippen LogP contribution in [0.1, 0.15) is 18.3 Å². The normalized spacial score (nSPS) is 11.9. The number of aromatic nitrogens is 2. The number of anilines is 1. The molecule has 1 heterocycles. The molecule has 8 heteroatoms. The van der Waals surface area contributed by atoms with Gasteiger partial charge in [0.25, 0.3) is 11.5 Å². The van der Waals surface area contributed by atoms with Gasteiger partial charge in [0.2, 0.25) is 0 Å². The van der Waals surface area contributed by atoms with Gasteiger partial charge < -0.3 is 10.1 Å². The lowest BCUT2D eigenvalue weighted by Crippen LogP contribution is -2.30. The maximum atomic E-state index is 13.8. The summed E-state index contributed by atoms with van der Waals surface area (Å²) in [7, 11) is 0. The topological polar surface area (TPSA) is 73.2 Å². The average molecular weight is 449 g/mol. The van der Waals surface area contributed by atoms with E-state index in [1.54, 1.807) is 50.2 Å². The SMILES string of the molecule is Cc1cc(-n2c(C)nc3ccccc3c2=O)ccc1NC(=O)C(C)Oc1ccc(F)cc1F. The Morgan fingerprint density at radius 2 is 1.82 bits per heavy atom. The van der Waals surface area contributed by atoms with Gasteiger partial charge in [-0.3, -0.25) is 14.2 Å². The molecule has 0 bridgehead atoms. The molecule has 6 nitrogen and oxygen atoms in total. The first kappa shape index (κ1) is 22.1. The van der Waals surface area contributed by atoms with Crippen LogP contribution in [0.15, 0.2) is 65.5 Å². The number of aryl methyl sites for hydroxylation is 2. The minimum Gasteiger partial charge on any atom is -0.478 e. The van der Waals surface area contributed by atoms with Gasteiger partial charge in [-0.25, -0.2) is 13.8 Å². The van der Waals surface area contributed by atoms with Gasteiger partial charge in [0.05, 0.1) is 16.6 Å². The Labute approximate surface area is 188 Å². The van der Waals surface area contributed by atoms with Crippen LogP contribution in [-0.4, -0.2) is 21.6 Å². The lowest BCUT2D eigenvalue weighted by atomic mass is 10.1. The molecule has 168 valence electrons. The molecule has 0 saturated heterocycles. The Balaban J connectivity index is 1.56. The number of fused-ring (bicyclic) bond motifs is 1. The molecule has 33 heavy (non-hydrogen) atoms. The summed E-state index contributed by atoms with van der Waals surface area (Å²) >= 11 is 0. The smallest absolute Gasteiger partial charge is 0.265 e. The van der Waals surface area contributed by atoms with Gasteiger partial charge in [-0.05, 0) is 68.8 Å². The predicted octanol–water partition coefficient (Wildman–Crippen LogP) is 4.69. The molecule has 4 rings (SSSR count). The third-order valence-electron chi connectivity index (χ3n) is 5.24. The van der Waals surface area contributed by atoms with Gasteiger partial charge in [0.1, 0.15) is 11.6 Å². The molecule has 3 aromatic carbocycles. The Hall–Kier alpha value is -4.07. The average Bonchev–Trinajstić information content (AvgIpc) is 2.77. The molecule has 4 aromatic rings. The maximum Gasteiger partial charge on any atom is 0.265 e. The molecule has 0 saturated carbocycles. The van der Waals surface area contributed by atoms with Crippen LogP contribution in [0.25, 0.3) is 16.6 Å². The minimum atomic E-state index is -1.03. The van der Waals surface area contributed by atoms with Crippen LogP contribution >= 0.6 is 0 Å². The van der Waals surface area contributed by atoms with Gasteiger partial charge in [-0.2, -0.15) is 0 Å². The molecule has 0 spiro atoms. The zero-order valence-electron chi connectivity index (χ0n) is 18.2. The van der Waals surface area contributed by atoms with E-state index in [1.807, 2.05) is 6.07 Å². The fourth-order valence-corrected chi connectivity index (χ4v) is 3.52. The summed E-state index contributed by atoms with van der Waals surface area (Å²) in [4.78, 5) is 30.1. The second-order valence-electron chi connectivity index (χ2n) is 7.64. The van der Waals surface area contributed by atoms with Gasteiger partial charge >= 0.3 is 0 Å². The summed E-state index contributed by atoms with van der Waals surface area (Å²) in [5, 5.41) is 3.25. The molecule has 0 aliphatic heterocycles. The number of halogens is 2. The number of para-hydroxylation sites is 1. The standard InChI is InChI=1S/C25H21F2N3O3/c1-14-12-18(30-16(3)28-22-7-5-4-6-19(22)25(30)32)9-10-21(14)29-24(31)15(2)33-23-11-8-17(26)13-20(23)27/h4-13,15H,1-3H3,(H,29,31). The molecule has 1 N–H and O–H groups in total. The Kier molecular flexibility index (Phi) is 5.91. The first-order valence-corrected chi connectivity index (χ1v) is 10.3. The summed E-state index contributed by atoms with van der Waals surface area (Å²) in [5.74, 6) is -1.80. The van der Waals surface area contributed by atoms with E-state index in [2.05, 4.69) is 10.3 Å². The van der Waals surface area contributed by atoms with Gasteiger partial charge in [-0.15, -0.1) is 0 Å². The van der Waals surface area contributed by atoms with E-state index in [-0.39, 0.29) is 11.3 Å². The molecule has 1 amide bonds. The molecule has 1 atom stereocenters. The molecular formula is C25H21F2N3O3. The second kappa shape index (κ2) is 8.82. The molecule has 0 radical (unpaired) electrons. The van der Waals surface area contributed by atoms with E-state index in [9.17, 15) is 18.4 Å². The molecular weight excluding hydrogens is 428 g/mol. The summed E-state index contributed by atoms with van der Waals surface area (Å²) in [6, 6.07) is 15.2. The summed E-state index contributed by atoms with van der Waals surface area (Å²) in [5.41, 5.74) is 2.28. The van der Waals surface area contributed by atoms with Crippen molar-refractivity contribution in [2.24, 2.45) is 0 Å². The number of nitrogens with one attached hydrogen (secondary N) is 1. The van der Waals surface area contributed by atoms with E-state index in [0.29, 0.717) is 39.7 Å². The van der Waals surface area contributed by atoms with Crippen LogP contribution in [-0.2, 0) is 4.79 Å². The minimum absolute atomic E-state index is 0.183. The van der Waals surface area contributed by atoms with Crippen molar-refractivity contribution in [2.75, 3.05) is 5.32 Å². The highest BCUT2D eigenvalue weighted by Crippen LogP contribution is 2.22. The third-order valence-corrected chi connectivity index (χ3v) is 5.24. The highest BCUT2D eigenvalue weighted by atomic mass is 19.1. The largest absolute Gasteiger partial charge is 0.478 e. The first-order valence-electron chi connectivity index (χ1n) is 10.3. The van der Waals surface area contributed by atoms with Crippen LogP contribution in [0.4, 0.5) is 14.5 Å². The zero-order chi connectivity index (χ0) is 23.7. The van der Waals surface area contributed by atoms with E-state index in [4.69, 9.17) is 4.74 Å². The second-order valence-corrected chi connectivity index (χ2v) is 7.64. The van der Waals surface area contributed by atoms with Crippen molar-refractivity contribution in [3.8, 4) is 11.4 Å². The predicted molar refractivity (Wildman–Crippen MR) is 122 cm³/mol. The summed E-state index contributed by atoms with van der Waals surface area (Å²) < 4.78 is 33.7. The third kappa shape index (κ3) is 4.45. The van der Waals surface area contributed by atoms with Gasteiger partial charge in [-0.1, -0.05) is 12.1 Å². The molecule has 1 unspecified atom stereocenters. The van der Waals surface area contributed by atoms with Crippen LogP contribution < -0.4 is 15.6 Å². The monoisotopic (exact) mass is 449 g/mol. The number of rotatable bonds is 5. The fraction of sp³-hybridized carbons (Fsp3) is 0.160. The van der Waals surface area contributed by atoms with Crippen LogP contribution in [0.2, 0.25) is 0 Å². The lowest BCUT2D eigenvalue weighted by Gasteiger charge is -2.17. The van der Waals surface area contributed by atoms with Crippen molar-refractivity contribution in [2.45, 2.75) is 26.9 Å². The number of ether oxygens (including phenoxy) is 1. The maximum absolute atomic E-state index is 13.8. The van der Waals surface area contributed by atoms with Crippen LogP contribution in [0, 0.1) is 25.5 Å². The van der Waals surface area contributed by atoms with E-state index in [0.717, 1.165) is 12.1 Å². The van der Waals surface area contributed by atoms with Crippen molar-refractivity contribution >= 4 is 22.5 Å². The summed E-state index contributed by atoms with van der Waals surface area (Å²) in [6.07, 6.45) is -1.03.